The van der Waals surface area contributed by atoms with Crippen LogP contribution in [0.1, 0.15) is 19.4 Å². The zero-order valence-electron chi connectivity index (χ0n) is 15.0. The first kappa shape index (κ1) is 20.9. The van der Waals surface area contributed by atoms with Gasteiger partial charge in [0.15, 0.2) is 6.61 Å². The second-order valence-electron chi connectivity index (χ2n) is 5.59. The lowest BCUT2D eigenvalue weighted by atomic mass is 10.2. The van der Waals surface area contributed by atoms with E-state index in [2.05, 4.69) is 15.2 Å². The Morgan fingerprint density at radius 2 is 1.85 bits per heavy atom. The lowest BCUT2D eigenvalue weighted by Crippen LogP contribution is -2.42. The highest BCUT2D eigenvalue weighted by Gasteiger charge is 2.11. The number of rotatable bonds is 9. The predicted molar refractivity (Wildman–Crippen MR) is 93.9 cm³/mol. The first-order valence-corrected chi connectivity index (χ1v) is 7.93. The second-order valence-corrected chi connectivity index (χ2v) is 5.59. The van der Waals surface area contributed by atoms with Gasteiger partial charge in [-0.05, 0) is 35.7 Å². The van der Waals surface area contributed by atoms with Gasteiger partial charge in [0.25, 0.3) is 5.91 Å². The molecule has 26 heavy (non-hydrogen) atoms. The van der Waals surface area contributed by atoms with E-state index >= 15 is 0 Å². The van der Waals surface area contributed by atoms with Crippen LogP contribution in [0.2, 0.25) is 0 Å². The number of methoxy groups -OCH3 is 1. The van der Waals surface area contributed by atoms with E-state index in [9.17, 15) is 14.4 Å². The normalized spacial score (nSPS) is 10.5. The maximum Gasteiger partial charge on any atom is 0.347 e. The van der Waals surface area contributed by atoms with Crippen molar-refractivity contribution in [3.05, 3.63) is 29.8 Å². The summed E-state index contributed by atoms with van der Waals surface area (Å²) in [6.45, 7) is 3.22. The molecule has 0 unspecified atom stereocenters. The number of esters is 1. The van der Waals surface area contributed by atoms with Gasteiger partial charge < -0.3 is 19.6 Å². The lowest BCUT2D eigenvalue weighted by molar-refractivity contribution is -0.152. The number of imide groups is 1. The molecule has 0 atom stereocenters. The fourth-order valence-corrected chi connectivity index (χ4v) is 1.57. The molecular formula is C17H23N3O6. The Bertz CT molecular complexity index is 628. The van der Waals surface area contributed by atoms with Gasteiger partial charge in [-0.1, -0.05) is 19.0 Å². The standard InChI is InChI=1S/C17H23N3O6/c1-12(2)8-18-17(23)20-15(21)10-25-16(22)11-26-19-9-13-4-6-14(24-3)7-5-13/h4-7,9,12H,8,10-11H2,1-3H3,(H2,18,20,21,23)/b19-9-. The summed E-state index contributed by atoms with van der Waals surface area (Å²) in [4.78, 5) is 39.0. The molecule has 0 bridgehead atoms. The van der Waals surface area contributed by atoms with Crippen molar-refractivity contribution < 1.29 is 28.7 Å². The average molecular weight is 365 g/mol. The molecule has 1 aromatic rings. The van der Waals surface area contributed by atoms with E-state index in [1.807, 2.05) is 19.2 Å². The Balaban J connectivity index is 2.20. The number of carbonyl (C=O) groups is 3. The minimum atomic E-state index is -0.783. The molecule has 2 N–H and O–H groups in total. The molecule has 0 aliphatic rings. The maximum atomic E-state index is 11.4. The van der Waals surface area contributed by atoms with Crippen molar-refractivity contribution in [3.63, 3.8) is 0 Å². The number of hydrogen-bond donors (Lipinski definition) is 2. The van der Waals surface area contributed by atoms with Gasteiger partial charge in [0, 0.05) is 6.54 Å². The number of urea groups is 1. The molecule has 0 saturated heterocycles. The summed E-state index contributed by atoms with van der Waals surface area (Å²) in [7, 11) is 1.57. The van der Waals surface area contributed by atoms with E-state index in [1.165, 1.54) is 6.21 Å². The quantitative estimate of drug-likeness (QED) is 0.384. The van der Waals surface area contributed by atoms with Gasteiger partial charge >= 0.3 is 12.0 Å². The van der Waals surface area contributed by atoms with Crippen LogP contribution < -0.4 is 15.4 Å². The van der Waals surface area contributed by atoms with Crippen molar-refractivity contribution in [3.8, 4) is 5.75 Å². The van der Waals surface area contributed by atoms with Crippen LogP contribution in [0.25, 0.3) is 0 Å². The lowest BCUT2D eigenvalue weighted by Gasteiger charge is -2.08. The number of oxime groups is 1. The molecule has 0 aliphatic carbocycles. The van der Waals surface area contributed by atoms with Gasteiger partial charge in [0.2, 0.25) is 6.61 Å². The molecule has 0 radical (unpaired) electrons. The summed E-state index contributed by atoms with van der Waals surface area (Å²) in [5, 5.41) is 8.17. The van der Waals surface area contributed by atoms with Crippen LogP contribution in [0.4, 0.5) is 4.79 Å². The predicted octanol–water partition coefficient (Wildman–Crippen LogP) is 1.07. The molecule has 9 nitrogen and oxygen atoms in total. The van der Waals surface area contributed by atoms with E-state index < -0.39 is 31.1 Å². The molecule has 1 aromatic carbocycles. The Labute approximate surface area is 151 Å². The van der Waals surface area contributed by atoms with Crippen molar-refractivity contribution >= 4 is 24.1 Å². The van der Waals surface area contributed by atoms with Crippen LogP contribution in [-0.2, 0) is 19.2 Å². The van der Waals surface area contributed by atoms with E-state index in [4.69, 9.17) is 9.57 Å². The summed E-state index contributed by atoms with van der Waals surface area (Å²) in [5.41, 5.74) is 0.756. The summed E-state index contributed by atoms with van der Waals surface area (Å²) in [6, 6.07) is 6.40. The van der Waals surface area contributed by atoms with Crippen LogP contribution in [0.5, 0.6) is 5.75 Å². The van der Waals surface area contributed by atoms with Gasteiger partial charge in [-0.3, -0.25) is 10.1 Å². The van der Waals surface area contributed by atoms with Gasteiger partial charge in [-0.2, -0.15) is 0 Å². The molecule has 0 spiro atoms. The molecule has 0 fully saturated rings. The average Bonchev–Trinajstić information content (AvgIpc) is 2.62. The molecular weight excluding hydrogens is 342 g/mol. The number of amides is 3. The monoisotopic (exact) mass is 365 g/mol. The summed E-state index contributed by atoms with van der Waals surface area (Å²) >= 11 is 0. The molecule has 9 heteroatoms. The highest BCUT2D eigenvalue weighted by molar-refractivity contribution is 5.95. The third-order valence-corrected chi connectivity index (χ3v) is 2.86. The fraction of sp³-hybridized carbons (Fsp3) is 0.412. The number of carbonyl (C=O) groups excluding carboxylic acids is 3. The van der Waals surface area contributed by atoms with Crippen LogP contribution in [0, 0.1) is 5.92 Å². The van der Waals surface area contributed by atoms with Crippen molar-refractivity contribution in [2.75, 3.05) is 26.9 Å². The van der Waals surface area contributed by atoms with Crippen LogP contribution in [0.15, 0.2) is 29.4 Å². The molecule has 142 valence electrons. The Hall–Kier alpha value is -3.10. The van der Waals surface area contributed by atoms with E-state index in [-0.39, 0.29) is 5.92 Å². The second kappa shape index (κ2) is 11.5. The number of benzene rings is 1. The number of ether oxygens (including phenoxy) is 2. The molecule has 0 aliphatic heterocycles. The number of hydrogen-bond acceptors (Lipinski definition) is 7. The molecule has 3 amide bonds. The third kappa shape index (κ3) is 9.26. The van der Waals surface area contributed by atoms with Crippen molar-refractivity contribution in [2.24, 2.45) is 11.1 Å². The fourth-order valence-electron chi connectivity index (χ4n) is 1.57. The topological polar surface area (TPSA) is 115 Å². The van der Waals surface area contributed by atoms with Gasteiger partial charge in [-0.15, -0.1) is 0 Å². The van der Waals surface area contributed by atoms with Crippen molar-refractivity contribution in [2.45, 2.75) is 13.8 Å². The number of nitrogens with zero attached hydrogens (tertiary/aromatic N) is 1. The smallest absolute Gasteiger partial charge is 0.347 e. The Kier molecular flexibility index (Phi) is 9.23. The zero-order valence-corrected chi connectivity index (χ0v) is 15.0. The molecule has 0 saturated carbocycles. The minimum absolute atomic E-state index is 0.254. The first-order chi connectivity index (χ1) is 12.4. The SMILES string of the molecule is COc1ccc(/C=N\OCC(=O)OCC(=O)NC(=O)NCC(C)C)cc1. The van der Waals surface area contributed by atoms with Crippen molar-refractivity contribution in [1.82, 2.24) is 10.6 Å². The minimum Gasteiger partial charge on any atom is -0.497 e. The number of nitrogens with one attached hydrogen (secondary N) is 2. The van der Waals surface area contributed by atoms with E-state index in [1.54, 1.807) is 31.4 Å². The highest BCUT2D eigenvalue weighted by Crippen LogP contribution is 2.09. The largest absolute Gasteiger partial charge is 0.497 e. The molecule has 0 heterocycles. The summed E-state index contributed by atoms with van der Waals surface area (Å²) < 4.78 is 9.69. The third-order valence-electron chi connectivity index (χ3n) is 2.86. The van der Waals surface area contributed by atoms with Crippen LogP contribution in [-0.4, -0.2) is 51.0 Å². The first-order valence-electron chi connectivity index (χ1n) is 7.93. The van der Waals surface area contributed by atoms with E-state index in [0.29, 0.717) is 12.3 Å². The van der Waals surface area contributed by atoms with Gasteiger partial charge in [0.1, 0.15) is 5.75 Å². The summed E-state index contributed by atoms with van der Waals surface area (Å²) in [6.07, 6.45) is 1.42. The summed E-state index contributed by atoms with van der Waals surface area (Å²) in [5.74, 6) is -0.553. The van der Waals surface area contributed by atoms with Crippen molar-refractivity contribution in [1.29, 1.82) is 0 Å². The Morgan fingerprint density at radius 3 is 2.46 bits per heavy atom. The Morgan fingerprint density at radius 1 is 1.15 bits per heavy atom. The maximum absolute atomic E-state index is 11.4. The van der Waals surface area contributed by atoms with Gasteiger partial charge in [-0.25, -0.2) is 9.59 Å². The van der Waals surface area contributed by atoms with E-state index in [0.717, 1.165) is 5.56 Å². The van der Waals surface area contributed by atoms with Gasteiger partial charge in [0.05, 0.1) is 13.3 Å². The molecule has 1 rings (SSSR count). The van der Waals surface area contributed by atoms with Crippen LogP contribution in [0.3, 0.4) is 0 Å². The van der Waals surface area contributed by atoms with Crippen LogP contribution >= 0.6 is 0 Å². The zero-order chi connectivity index (χ0) is 19.4. The highest BCUT2D eigenvalue weighted by atomic mass is 16.7. The molecule has 0 aromatic heterocycles.